The van der Waals surface area contributed by atoms with Crippen molar-refractivity contribution in [2.24, 2.45) is 5.92 Å². The Morgan fingerprint density at radius 3 is 1.87 bits per heavy atom. The van der Waals surface area contributed by atoms with Gasteiger partial charge in [-0.3, -0.25) is 4.55 Å². The van der Waals surface area contributed by atoms with E-state index in [1.54, 1.807) is 72.7 Å². The van der Waals surface area contributed by atoms with Crippen LogP contribution in [0.5, 0.6) is 0 Å². The first-order chi connectivity index (χ1) is 14.0. The Bertz CT molecular complexity index is 907. The van der Waals surface area contributed by atoms with Gasteiger partial charge in [0.2, 0.25) is 0 Å². The number of amides is 2. The molecular weight excluding hydrogens is 422 g/mol. The van der Waals surface area contributed by atoms with Crippen molar-refractivity contribution in [1.29, 1.82) is 0 Å². The van der Waals surface area contributed by atoms with E-state index >= 15 is 0 Å². The minimum atomic E-state index is -4.42. The third-order valence-corrected chi connectivity index (χ3v) is 6.58. The molecule has 1 aromatic carbocycles. The Balaban J connectivity index is 2.27. The predicted octanol–water partition coefficient (Wildman–Crippen LogP) is 4.66. The zero-order chi connectivity index (χ0) is 23.8. The molecule has 1 aromatic rings. The molecule has 0 saturated heterocycles. The lowest BCUT2D eigenvalue weighted by atomic mass is 9.69. The minimum Gasteiger partial charge on any atom is -0.443 e. The van der Waals surface area contributed by atoms with Crippen LogP contribution in [0, 0.1) is 12.8 Å². The largest absolute Gasteiger partial charge is 0.443 e. The molecule has 0 radical (unpaired) electrons. The van der Waals surface area contributed by atoms with Crippen molar-refractivity contribution in [1.82, 2.24) is 4.90 Å². The number of nitrogens with zero attached hydrogens (tertiary/aromatic N) is 1. The van der Waals surface area contributed by atoms with Gasteiger partial charge in [0, 0.05) is 6.54 Å². The van der Waals surface area contributed by atoms with Gasteiger partial charge >= 0.3 is 12.2 Å². The van der Waals surface area contributed by atoms with Crippen LogP contribution in [-0.4, -0.2) is 47.8 Å². The van der Waals surface area contributed by atoms with Crippen molar-refractivity contribution in [2.75, 3.05) is 6.54 Å². The highest BCUT2D eigenvalue weighted by Gasteiger charge is 2.56. The maximum Gasteiger partial charge on any atom is 0.419 e. The monoisotopic (exact) mass is 455 g/mol. The summed E-state index contributed by atoms with van der Waals surface area (Å²) in [6, 6.07) is 6.97. The molecule has 0 bridgehead atoms. The molecule has 1 N–H and O–H groups in total. The van der Waals surface area contributed by atoms with Crippen LogP contribution in [0.15, 0.2) is 24.3 Å². The summed E-state index contributed by atoms with van der Waals surface area (Å²) in [5, 5.41) is 0. The highest BCUT2D eigenvalue weighted by Crippen LogP contribution is 2.52. The van der Waals surface area contributed by atoms with Gasteiger partial charge in [0.25, 0.3) is 10.1 Å². The molecule has 1 aliphatic rings. The van der Waals surface area contributed by atoms with E-state index in [-0.39, 0.29) is 25.3 Å². The Morgan fingerprint density at radius 2 is 1.48 bits per heavy atom. The van der Waals surface area contributed by atoms with Crippen molar-refractivity contribution in [3.8, 4) is 0 Å². The summed E-state index contributed by atoms with van der Waals surface area (Å²) in [5.41, 5.74) is -0.378. The number of imide groups is 1. The summed E-state index contributed by atoms with van der Waals surface area (Å²) >= 11 is 0. The first-order valence-electron chi connectivity index (χ1n) is 10.2. The molecule has 0 heterocycles. The van der Waals surface area contributed by atoms with Crippen LogP contribution >= 0.6 is 0 Å². The molecule has 31 heavy (non-hydrogen) atoms. The van der Waals surface area contributed by atoms with Crippen molar-refractivity contribution >= 4 is 22.3 Å². The van der Waals surface area contributed by atoms with Crippen LogP contribution in [0.3, 0.4) is 0 Å². The van der Waals surface area contributed by atoms with Crippen LogP contribution in [-0.2, 0) is 24.3 Å². The van der Waals surface area contributed by atoms with Gasteiger partial charge < -0.3 is 9.47 Å². The molecule has 0 atom stereocenters. The molecule has 9 heteroatoms. The summed E-state index contributed by atoms with van der Waals surface area (Å²) in [6.45, 7) is 11.8. The highest BCUT2D eigenvalue weighted by atomic mass is 32.2. The molecule has 174 valence electrons. The molecule has 0 spiro atoms. The van der Waals surface area contributed by atoms with E-state index in [0.717, 1.165) is 10.5 Å². The first-order valence-corrected chi connectivity index (χ1v) is 11.7. The fourth-order valence-electron chi connectivity index (χ4n) is 3.77. The van der Waals surface area contributed by atoms with E-state index in [9.17, 15) is 22.6 Å². The maximum atomic E-state index is 12.7. The van der Waals surface area contributed by atoms with Gasteiger partial charge in [-0.15, -0.1) is 0 Å². The van der Waals surface area contributed by atoms with Crippen molar-refractivity contribution < 1.29 is 32.0 Å². The second kappa shape index (κ2) is 8.43. The minimum absolute atomic E-state index is 0.0682. The predicted molar refractivity (Wildman–Crippen MR) is 116 cm³/mol. The molecule has 0 aromatic heterocycles. The summed E-state index contributed by atoms with van der Waals surface area (Å²) in [5.74, 6) is -0.346. The van der Waals surface area contributed by atoms with E-state index in [1.165, 1.54) is 0 Å². The van der Waals surface area contributed by atoms with Crippen LogP contribution in [0.2, 0.25) is 0 Å². The smallest absolute Gasteiger partial charge is 0.419 e. The van der Waals surface area contributed by atoms with E-state index in [2.05, 4.69) is 0 Å². The van der Waals surface area contributed by atoms with E-state index < -0.39 is 38.3 Å². The number of rotatable bonds is 4. The zero-order valence-corrected chi connectivity index (χ0v) is 20.1. The van der Waals surface area contributed by atoms with Gasteiger partial charge in [-0.25, -0.2) is 14.5 Å². The molecule has 8 nitrogen and oxygen atoms in total. The Morgan fingerprint density at radius 1 is 1.03 bits per heavy atom. The maximum absolute atomic E-state index is 12.7. The molecule has 1 saturated carbocycles. The number of aryl methyl sites for hydroxylation is 1. The molecule has 2 rings (SSSR count). The Labute approximate surface area is 184 Å². The van der Waals surface area contributed by atoms with E-state index in [4.69, 9.17) is 9.47 Å². The Hall–Kier alpha value is -2.13. The van der Waals surface area contributed by atoms with Crippen LogP contribution < -0.4 is 0 Å². The van der Waals surface area contributed by atoms with Gasteiger partial charge in [-0.05, 0) is 78.4 Å². The van der Waals surface area contributed by atoms with Gasteiger partial charge in [-0.2, -0.15) is 8.42 Å². The van der Waals surface area contributed by atoms with Crippen LogP contribution in [0.25, 0.3) is 0 Å². The van der Waals surface area contributed by atoms with Gasteiger partial charge in [0.1, 0.15) is 15.9 Å². The second-order valence-corrected chi connectivity index (χ2v) is 11.9. The SMILES string of the molecule is Cc1ccccc1C1(S(=O)(=O)O)CC(CN(C(=O)OC(C)(C)C)C(=O)OC(C)(C)C)C1. The van der Waals surface area contributed by atoms with Crippen molar-refractivity contribution in [3.05, 3.63) is 35.4 Å². The molecule has 0 unspecified atom stereocenters. The second-order valence-electron chi connectivity index (χ2n) is 10.1. The summed E-state index contributed by atoms with van der Waals surface area (Å²) in [4.78, 5) is 26.2. The number of carbonyl (C=O) groups is 2. The fourth-order valence-corrected chi connectivity index (χ4v) is 5.17. The molecular formula is C22H33NO7S. The number of hydrogen-bond donors (Lipinski definition) is 1. The normalized spacial score (nSPS) is 21.7. The van der Waals surface area contributed by atoms with Crippen LogP contribution in [0.4, 0.5) is 9.59 Å². The lowest BCUT2D eigenvalue weighted by Gasteiger charge is -2.47. The lowest BCUT2D eigenvalue weighted by Crippen LogP contribution is -2.53. The topological polar surface area (TPSA) is 110 Å². The first kappa shape index (κ1) is 25.1. The number of hydrogen-bond acceptors (Lipinski definition) is 6. The van der Waals surface area contributed by atoms with E-state index in [0.29, 0.717) is 5.56 Å². The molecule has 1 fully saturated rings. The summed E-state index contributed by atoms with van der Waals surface area (Å²) < 4.78 is 43.9. The average Bonchev–Trinajstić information content (AvgIpc) is 2.50. The van der Waals surface area contributed by atoms with Crippen molar-refractivity contribution in [2.45, 2.75) is 77.3 Å². The van der Waals surface area contributed by atoms with Crippen LogP contribution in [0.1, 0.15) is 65.5 Å². The lowest BCUT2D eigenvalue weighted by molar-refractivity contribution is -0.00583. The average molecular weight is 456 g/mol. The number of ether oxygens (including phenoxy) is 2. The summed E-state index contributed by atoms with van der Waals surface area (Å²) in [7, 11) is -4.42. The standard InChI is InChI=1S/C22H33NO7S/c1-15-10-8-9-11-17(15)22(31(26,27)28)12-16(13-22)14-23(18(24)29-20(2,3)4)19(25)30-21(5,6)7/h8-11,16H,12-14H2,1-7H3,(H,26,27,28). The molecule has 0 aliphatic heterocycles. The quantitative estimate of drug-likeness (QED) is 0.657. The number of carbonyl (C=O) groups excluding carboxylic acids is 2. The van der Waals surface area contributed by atoms with E-state index in [1.807, 2.05) is 0 Å². The van der Waals surface area contributed by atoms with Gasteiger partial charge in [-0.1, -0.05) is 24.3 Å². The third-order valence-electron chi connectivity index (χ3n) is 5.04. The molecule has 2 amide bonds. The number of benzene rings is 1. The Kier molecular flexibility index (Phi) is 6.83. The summed E-state index contributed by atoms with van der Waals surface area (Å²) in [6.07, 6.45) is -1.58. The zero-order valence-electron chi connectivity index (χ0n) is 19.3. The fraction of sp³-hybridized carbons (Fsp3) is 0.636. The van der Waals surface area contributed by atoms with Gasteiger partial charge in [0.05, 0.1) is 0 Å². The van der Waals surface area contributed by atoms with Gasteiger partial charge in [0.15, 0.2) is 0 Å². The third kappa shape index (κ3) is 5.98. The highest BCUT2D eigenvalue weighted by molar-refractivity contribution is 7.86. The molecule has 1 aliphatic carbocycles. The van der Waals surface area contributed by atoms with Crippen molar-refractivity contribution in [3.63, 3.8) is 0 Å².